The third-order valence-corrected chi connectivity index (χ3v) is 5.48. The van der Waals surface area contributed by atoms with Crippen LogP contribution in [0, 0.1) is 0 Å². The monoisotopic (exact) mass is 454 g/mol. The number of hydrogen-bond acceptors (Lipinski definition) is 4. The van der Waals surface area contributed by atoms with Gasteiger partial charge in [-0.15, -0.1) is 36.2 Å². The van der Waals surface area contributed by atoms with E-state index in [1.54, 1.807) is 17.7 Å². The van der Waals surface area contributed by atoms with Crippen LogP contribution < -0.4 is 5.73 Å². The number of carbonyl (C=O) groups excluding carboxylic acids is 1. The summed E-state index contributed by atoms with van der Waals surface area (Å²) in [4.78, 5) is 20.3. The van der Waals surface area contributed by atoms with Gasteiger partial charge in [0.05, 0.1) is 18.1 Å². The number of nitrogens with two attached hydrogens (primary N) is 1. The minimum Gasteiger partial charge on any atom is -0.341 e. The van der Waals surface area contributed by atoms with Gasteiger partial charge < -0.3 is 15.2 Å². The molecule has 0 bridgehead atoms. The molecule has 2 N–H and O–H groups in total. The van der Waals surface area contributed by atoms with Gasteiger partial charge in [0.2, 0.25) is 5.91 Å². The van der Waals surface area contributed by atoms with E-state index in [0.29, 0.717) is 19.5 Å². The molecule has 0 unspecified atom stereocenters. The molecule has 5 nitrogen and oxygen atoms in total. The summed E-state index contributed by atoms with van der Waals surface area (Å²) in [6.07, 6.45) is 5.10. The molecule has 0 aliphatic heterocycles. The number of hydrogen-bond donors (Lipinski definition) is 1. The van der Waals surface area contributed by atoms with Crippen molar-refractivity contribution < 1.29 is 4.79 Å². The number of likely N-dealkylation sites (N-methyl/N-ethyl adjacent to an activating group) is 1. The third kappa shape index (κ3) is 7.48. The van der Waals surface area contributed by atoms with Gasteiger partial charge in [0.25, 0.3) is 0 Å². The van der Waals surface area contributed by atoms with Crippen LogP contribution in [0.1, 0.15) is 23.1 Å². The number of imidazole rings is 1. The first-order valence-electron chi connectivity index (χ1n) is 9.27. The molecular weight excluding hydrogens is 427 g/mol. The predicted molar refractivity (Wildman–Crippen MR) is 124 cm³/mol. The summed E-state index contributed by atoms with van der Waals surface area (Å²) < 4.78 is 2.02. The normalized spacial score (nSPS) is 11.2. The lowest BCUT2D eigenvalue weighted by Gasteiger charge is -2.24. The SMILES string of the molecule is CCN(CCc1cccs1)C(=O)[C@@H](N)Cc1cn(Cc2ccccc2)cn1.Cl.Cl. The van der Waals surface area contributed by atoms with Crippen LogP contribution in [-0.4, -0.2) is 39.5 Å². The van der Waals surface area contributed by atoms with Crippen LogP contribution in [0.2, 0.25) is 0 Å². The Labute approximate surface area is 188 Å². The fraction of sp³-hybridized carbons (Fsp3) is 0.333. The predicted octanol–water partition coefficient (Wildman–Crippen LogP) is 3.80. The Morgan fingerprint density at radius 3 is 2.62 bits per heavy atom. The number of aromatic nitrogens is 2. The number of rotatable bonds is 9. The molecule has 0 saturated carbocycles. The zero-order valence-corrected chi connectivity index (χ0v) is 18.9. The average molecular weight is 455 g/mol. The van der Waals surface area contributed by atoms with E-state index in [2.05, 4.69) is 28.6 Å². The van der Waals surface area contributed by atoms with Crippen LogP contribution >= 0.6 is 36.2 Å². The lowest BCUT2D eigenvalue weighted by atomic mass is 10.1. The lowest BCUT2D eigenvalue weighted by molar-refractivity contribution is -0.132. The van der Waals surface area contributed by atoms with Crippen molar-refractivity contribution >= 4 is 42.1 Å². The van der Waals surface area contributed by atoms with Gasteiger partial charge in [-0.2, -0.15) is 0 Å². The molecule has 0 aliphatic carbocycles. The number of nitrogens with zero attached hydrogens (tertiary/aromatic N) is 3. The van der Waals surface area contributed by atoms with Gasteiger partial charge in [0.15, 0.2) is 0 Å². The number of amides is 1. The topological polar surface area (TPSA) is 64.2 Å². The van der Waals surface area contributed by atoms with Gasteiger partial charge in [0.1, 0.15) is 0 Å². The van der Waals surface area contributed by atoms with Crippen molar-refractivity contribution in [1.29, 1.82) is 0 Å². The standard InChI is InChI=1S/C21H26N4OS.2ClH/c1-2-25(11-10-19-9-6-12-27-19)21(26)20(22)13-18-15-24(16-23-18)14-17-7-4-3-5-8-17;;/h3-9,12,15-16,20H,2,10-11,13-14,22H2,1H3;2*1H/t20-;;/m0../s1. The summed E-state index contributed by atoms with van der Waals surface area (Å²) >= 11 is 1.72. The summed E-state index contributed by atoms with van der Waals surface area (Å²) in [5, 5.41) is 2.06. The first kappa shape index (κ1) is 25.2. The van der Waals surface area contributed by atoms with Crippen molar-refractivity contribution in [2.45, 2.75) is 32.4 Å². The van der Waals surface area contributed by atoms with E-state index in [0.717, 1.165) is 18.7 Å². The summed E-state index contributed by atoms with van der Waals surface area (Å²) in [6.45, 7) is 4.12. The minimum atomic E-state index is -0.562. The number of halogens is 2. The lowest BCUT2D eigenvalue weighted by Crippen LogP contribution is -2.45. The summed E-state index contributed by atoms with van der Waals surface area (Å²) in [5.41, 5.74) is 8.26. The van der Waals surface area contributed by atoms with Crippen molar-refractivity contribution in [3.8, 4) is 0 Å². The Morgan fingerprint density at radius 2 is 1.97 bits per heavy atom. The second-order valence-electron chi connectivity index (χ2n) is 6.58. The van der Waals surface area contributed by atoms with Gasteiger partial charge in [-0.25, -0.2) is 4.98 Å². The first-order chi connectivity index (χ1) is 13.2. The fourth-order valence-corrected chi connectivity index (χ4v) is 3.76. The Balaban J connectivity index is 0.00000210. The molecule has 0 saturated heterocycles. The van der Waals surface area contributed by atoms with Crippen LogP contribution in [0.15, 0.2) is 60.4 Å². The molecule has 3 rings (SSSR count). The maximum absolute atomic E-state index is 12.7. The molecule has 0 fully saturated rings. The van der Waals surface area contributed by atoms with E-state index < -0.39 is 6.04 Å². The largest absolute Gasteiger partial charge is 0.341 e. The van der Waals surface area contributed by atoms with E-state index in [1.165, 1.54) is 10.4 Å². The highest BCUT2D eigenvalue weighted by Crippen LogP contribution is 2.11. The van der Waals surface area contributed by atoms with E-state index in [4.69, 9.17) is 5.73 Å². The van der Waals surface area contributed by atoms with Crippen LogP contribution in [0.4, 0.5) is 0 Å². The van der Waals surface area contributed by atoms with Crippen molar-refractivity contribution in [3.63, 3.8) is 0 Å². The van der Waals surface area contributed by atoms with Crippen molar-refractivity contribution in [2.24, 2.45) is 5.73 Å². The first-order valence-corrected chi connectivity index (χ1v) is 10.1. The molecule has 2 heterocycles. The van der Waals surface area contributed by atoms with Crippen molar-refractivity contribution in [1.82, 2.24) is 14.5 Å². The molecule has 1 atom stereocenters. The Morgan fingerprint density at radius 1 is 1.21 bits per heavy atom. The fourth-order valence-electron chi connectivity index (χ4n) is 3.06. The van der Waals surface area contributed by atoms with E-state index in [1.807, 2.05) is 46.9 Å². The van der Waals surface area contributed by atoms with Crippen molar-refractivity contribution in [3.05, 3.63) is 76.5 Å². The van der Waals surface area contributed by atoms with Crippen LogP contribution in [0.25, 0.3) is 0 Å². The molecule has 29 heavy (non-hydrogen) atoms. The summed E-state index contributed by atoms with van der Waals surface area (Å²) in [5.74, 6) is -0.00772. The second-order valence-corrected chi connectivity index (χ2v) is 7.61. The molecule has 2 aromatic heterocycles. The maximum Gasteiger partial charge on any atom is 0.239 e. The molecule has 0 radical (unpaired) electrons. The molecular formula is C21H28Cl2N4OS. The molecule has 1 aromatic carbocycles. The molecule has 3 aromatic rings. The average Bonchev–Trinajstić information content (AvgIpc) is 3.35. The van der Waals surface area contributed by atoms with E-state index in [-0.39, 0.29) is 30.7 Å². The van der Waals surface area contributed by atoms with Crippen LogP contribution in [-0.2, 0) is 24.2 Å². The molecule has 0 spiro atoms. The molecule has 8 heteroatoms. The molecule has 158 valence electrons. The summed E-state index contributed by atoms with van der Waals surface area (Å²) in [7, 11) is 0. The van der Waals surface area contributed by atoms with Gasteiger partial charge in [0, 0.05) is 37.1 Å². The van der Waals surface area contributed by atoms with Gasteiger partial charge in [-0.05, 0) is 30.4 Å². The molecule has 0 aliphatic rings. The second kappa shape index (κ2) is 12.6. The van der Waals surface area contributed by atoms with Crippen LogP contribution in [0.5, 0.6) is 0 Å². The van der Waals surface area contributed by atoms with Gasteiger partial charge in [-0.3, -0.25) is 4.79 Å². The Bertz CT molecular complexity index is 840. The molecule has 1 amide bonds. The zero-order valence-electron chi connectivity index (χ0n) is 16.4. The maximum atomic E-state index is 12.7. The number of benzene rings is 1. The smallest absolute Gasteiger partial charge is 0.239 e. The van der Waals surface area contributed by atoms with Gasteiger partial charge >= 0.3 is 0 Å². The Hall–Kier alpha value is -1.86. The number of carbonyl (C=O) groups is 1. The highest BCUT2D eigenvalue weighted by atomic mass is 35.5. The number of thiophene rings is 1. The third-order valence-electron chi connectivity index (χ3n) is 4.54. The van der Waals surface area contributed by atoms with E-state index in [9.17, 15) is 4.79 Å². The van der Waals surface area contributed by atoms with Crippen LogP contribution in [0.3, 0.4) is 0 Å². The quantitative estimate of drug-likeness (QED) is 0.534. The highest BCUT2D eigenvalue weighted by molar-refractivity contribution is 7.09. The Kier molecular flexibility index (Phi) is 11.0. The highest BCUT2D eigenvalue weighted by Gasteiger charge is 2.21. The zero-order chi connectivity index (χ0) is 19.1. The van der Waals surface area contributed by atoms with Gasteiger partial charge in [-0.1, -0.05) is 36.4 Å². The van der Waals surface area contributed by atoms with E-state index >= 15 is 0 Å². The summed E-state index contributed by atoms with van der Waals surface area (Å²) in [6, 6.07) is 13.8. The van der Waals surface area contributed by atoms with Crippen molar-refractivity contribution in [2.75, 3.05) is 13.1 Å². The minimum absolute atomic E-state index is 0.